The van der Waals surface area contributed by atoms with Crippen LogP contribution in [0.3, 0.4) is 0 Å². The van der Waals surface area contributed by atoms with Crippen molar-refractivity contribution in [1.82, 2.24) is 4.90 Å². The van der Waals surface area contributed by atoms with Crippen LogP contribution in [0.2, 0.25) is 0 Å². The Labute approximate surface area is 113 Å². The normalized spacial score (nSPS) is 28.5. The number of hydrogen-bond donors (Lipinski definition) is 1. The van der Waals surface area contributed by atoms with Gasteiger partial charge in [-0.15, -0.1) is 0 Å². The zero-order valence-electron chi connectivity index (χ0n) is 12.7. The molecular formula is C16H32N2. The van der Waals surface area contributed by atoms with Gasteiger partial charge in [-0.3, -0.25) is 4.90 Å². The third-order valence-corrected chi connectivity index (χ3v) is 5.78. The maximum Gasteiger partial charge on any atom is 0.0332 e. The standard InChI is InChI=1S/C16H32N2/c1-15(2)9-11-16(13-17,12-10-15)18(3)14-7-5-4-6-8-14/h14H,4-13,17H2,1-3H3. The summed E-state index contributed by atoms with van der Waals surface area (Å²) in [6.45, 7) is 5.66. The molecule has 2 rings (SSSR count). The quantitative estimate of drug-likeness (QED) is 0.832. The summed E-state index contributed by atoms with van der Waals surface area (Å²) in [7, 11) is 2.35. The fraction of sp³-hybridized carbons (Fsp3) is 1.00. The second-order valence-electron chi connectivity index (χ2n) is 7.50. The molecule has 0 spiro atoms. The molecule has 0 aromatic carbocycles. The van der Waals surface area contributed by atoms with E-state index in [-0.39, 0.29) is 0 Å². The van der Waals surface area contributed by atoms with Gasteiger partial charge in [0.05, 0.1) is 0 Å². The molecule has 0 bridgehead atoms. The lowest BCUT2D eigenvalue weighted by molar-refractivity contribution is 0.00218. The monoisotopic (exact) mass is 252 g/mol. The fourth-order valence-corrected chi connectivity index (χ4v) is 3.95. The highest BCUT2D eigenvalue weighted by atomic mass is 15.2. The third kappa shape index (κ3) is 2.91. The van der Waals surface area contributed by atoms with Gasteiger partial charge in [0.1, 0.15) is 0 Å². The zero-order valence-corrected chi connectivity index (χ0v) is 12.7. The van der Waals surface area contributed by atoms with Crippen LogP contribution in [-0.2, 0) is 0 Å². The molecule has 0 aliphatic heterocycles. The number of nitrogens with two attached hydrogens (primary N) is 1. The van der Waals surface area contributed by atoms with Crippen LogP contribution in [0.25, 0.3) is 0 Å². The maximum atomic E-state index is 6.19. The first-order chi connectivity index (χ1) is 8.49. The second kappa shape index (κ2) is 5.50. The second-order valence-corrected chi connectivity index (χ2v) is 7.50. The molecule has 2 aliphatic carbocycles. The van der Waals surface area contributed by atoms with E-state index in [1.807, 2.05) is 0 Å². The summed E-state index contributed by atoms with van der Waals surface area (Å²) in [5, 5.41) is 0. The molecule has 0 aromatic heterocycles. The van der Waals surface area contributed by atoms with Gasteiger partial charge < -0.3 is 5.73 Å². The Morgan fingerprint density at radius 3 is 2.06 bits per heavy atom. The predicted octanol–water partition coefficient (Wildman–Crippen LogP) is 3.55. The van der Waals surface area contributed by atoms with E-state index in [0.717, 1.165) is 12.6 Å². The van der Waals surface area contributed by atoms with Gasteiger partial charge in [-0.05, 0) is 51.0 Å². The summed E-state index contributed by atoms with van der Waals surface area (Å²) in [5.74, 6) is 0. The van der Waals surface area contributed by atoms with Crippen LogP contribution in [-0.4, -0.2) is 30.1 Å². The van der Waals surface area contributed by atoms with Crippen molar-refractivity contribution in [2.75, 3.05) is 13.6 Å². The summed E-state index contributed by atoms with van der Waals surface area (Å²) >= 11 is 0. The summed E-state index contributed by atoms with van der Waals surface area (Å²) < 4.78 is 0. The predicted molar refractivity (Wildman–Crippen MR) is 78.7 cm³/mol. The summed E-state index contributed by atoms with van der Waals surface area (Å²) in [6.07, 6.45) is 12.3. The summed E-state index contributed by atoms with van der Waals surface area (Å²) in [4.78, 5) is 2.68. The first kappa shape index (κ1) is 14.3. The van der Waals surface area contributed by atoms with E-state index in [1.165, 1.54) is 57.8 Å². The average molecular weight is 252 g/mol. The molecule has 0 amide bonds. The van der Waals surface area contributed by atoms with Gasteiger partial charge in [-0.25, -0.2) is 0 Å². The van der Waals surface area contributed by atoms with Gasteiger partial charge in [-0.1, -0.05) is 33.1 Å². The van der Waals surface area contributed by atoms with Crippen LogP contribution in [0.5, 0.6) is 0 Å². The molecule has 0 heterocycles. The van der Waals surface area contributed by atoms with Crippen molar-refractivity contribution < 1.29 is 0 Å². The van der Waals surface area contributed by atoms with Crippen molar-refractivity contribution >= 4 is 0 Å². The fourth-order valence-electron chi connectivity index (χ4n) is 3.95. The van der Waals surface area contributed by atoms with Crippen molar-refractivity contribution in [1.29, 1.82) is 0 Å². The minimum atomic E-state index is 0.303. The molecule has 0 unspecified atom stereocenters. The molecule has 2 nitrogen and oxygen atoms in total. The largest absolute Gasteiger partial charge is 0.329 e. The Kier molecular flexibility index (Phi) is 4.38. The van der Waals surface area contributed by atoms with Crippen LogP contribution in [0.1, 0.15) is 71.6 Å². The molecule has 106 valence electrons. The van der Waals surface area contributed by atoms with Crippen LogP contribution in [0.4, 0.5) is 0 Å². The van der Waals surface area contributed by atoms with Gasteiger partial charge in [0.2, 0.25) is 0 Å². The number of nitrogens with zero attached hydrogens (tertiary/aromatic N) is 1. The van der Waals surface area contributed by atoms with Crippen LogP contribution in [0.15, 0.2) is 0 Å². The van der Waals surface area contributed by atoms with Crippen molar-refractivity contribution in [3.8, 4) is 0 Å². The van der Waals surface area contributed by atoms with Gasteiger partial charge >= 0.3 is 0 Å². The van der Waals surface area contributed by atoms with Gasteiger partial charge in [0, 0.05) is 18.1 Å². The number of likely N-dealkylation sites (N-methyl/N-ethyl adjacent to an activating group) is 1. The zero-order chi connectivity index (χ0) is 13.2. The molecule has 18 heavy (non-hydrogen) atoms. The van der Waals surface area contributed by atoms with E-state index in [2.05, 4.69) is 25.8 Å². The minimum absolute atomic E-state index is 0.303. The Balaban J connectivity index is 2.02. The van der Waals surface area contributed by atoms with Gasteiger partial charge in [-0.2, -0.15) is 0 Å². The topological polar surface area (TPSA) is 29.3 Å². The highest BCUT2D eigenvalue weighted by molar-refractivity contribution is 4.99. The third-order valence-electron chi connectivity index (χ3n) is 5.78. The molecule has 0 atom stereocenters. The van der Waals surface area contributed by atoms with Crippen LogP contribution in [0, 0.1) is 5.41 Å². The smallest absolute Gasteiger partial charge is 0.0332 e. The maximum absolute atomic E-state index is 6.19. The Morgan fingerprint density at radius 1 is 1.00 bits per heavy atom. The summed E-state index contributed by atoms with van der Waals surface area (Å²) in [5.41, 5.74) is 7.03. The average Bonchev–Trinajstić information content (AvgIpc) is 2.40. The van der Waals surface area contributed by atoms with Crippen LogP contribution >= 0.6 is 0 Å². The number of rotatable bonds is 3. The first-order valence-corrected chi connectivity index (χ1v) is 7.92. The van der Waals surface area contributed by atoms with Crippen molar-refractivity contribution in [2.45, 2.75) is 83.2 Å². The van der Waals surface area contributed by atoms with E-state index in [4.69, 9.17) is 5.73 Å². The first-order valence-electron chi connectivity index (χ1n) is 7.92. The van der Waals surface area contributed by atoms with E-state index in [0.29, 0.717) is 11.0 Å². The Bertz CT molecular complexity index is 256. The van der Waals surface area contributed by atoms with E-state index >= 15 is 0 Å². The molecule has 0 saturated heterocycles. The van der Waals surface area contributed by atoms with E-state index in [9.17, 15) is 0 Å². The highest BCUT2D eigenvalue weighted by Gasteiger charge is 2.42. The highest BCUT2D eigenvalue weighted by Crippen LogP contribution is 2.43. The van der Waals surface area contributed by atoms with Crippen molar-refractivity contribution in [3.05, 3.63) is 0 Å². The molecular weight excluding hydrogens is 220 g/mol. The molecule has 2 aliphatic rings. The summed E-state index contributed by atoms with van der Waals surface area (Å²) in [6, 6.07) is 0.795. The lowest BCUT2D eigenvalue weighted by atomic mass is 9.68. The molecule has 2 N–H and O–H groups in total. The van der Waals surface area contributed by atoms with Crippen molar-refractivity contribution in [2.24, 2.45) is 11.1 Å². The molecule has 0 radical (unpaired) electrons. The van der Waals surface area contributed by atoms with Crippen molar-refractivity contribution in [3.63, 3.8) is 0 Å². The lowest BCUT2D eigenvalue weighted by Crippen LogP contribution is -2.58. The minimum Gasteiger partial charge on any atom is -0.329 e. The van der Waals surface area contributed by atoms with E-state index < -0.39 is 0 Å². The van der Waals surface area contributed by atoms with Gasteiger partial charge in [0.25, 0.3) is 0 Å². The molecule has 2 heteroatoms. The molecule has 2 fully saturated rings. The van der Waals surface area contributed by atoms with Crippen LogP contribution < -0.4 is 5.73 Å². The van der Waals surface area contributed by atoms with Gasteiger partial charge in [0.15, 0.2) is 0 Å². The number of hydrogen-bond acceptors (Lipinski definition) is 2. The molecule has 0 aromatic rings. The SMILES string of the molecule is CN(C1CCCCC1)C1(CN)CCC(C)(C)CC1. The van der Waals surface area contributed by atoms with E-state index in [1.54, 1.807) is 0 Å². The Hall–Kier alpha value is -0.0800. The Morgan fingerprint density at radius 2 is 1.56 bits per heavy atom. The molecule has 2 saturated carbocycles. The lowest BCUT2D eigenvalue weighted by Gasteiger charge is -2.51.